The minimum Gasteiger partial charge on any atom is -0.197 e. The Kier molecular flexibility index (Phi) is 3.59. The molecular weight excluding hydrogens is 184 g/mol. The molecule has 15 heavy (non-hydrogen) atoms. The maximum atomic E-state index is 9.37. The second-order valence-corrected chi connectivity index (χ2v) is 6.37. The summed E-state index contributed by atoms with van der Waals surface area (Å²) in [4.78, 5) is 0. The first-order valence-corrected chi connectivity index (χ1v) is 5.35. The molecule has 0 aromatic carbocycles. The quantitative estimate of drug-likeness (QED) is 0.656. The molecule has 0 N–H and O–H groups in total. The summed E-state index contributed by atoms with van der Waals surface area (Å²) in [6, 6.07) is 4.50. The lowest BCUT2D eigenvalue weighted by molar-refractivity contribution is 0.0687. The zero-order valence-corrected chi connectivity index (χ0v) is 11.0. The fraction of sp³-hybridized carbons (Fsp3) is 0.846. The summed E-state index contributed by atoms with van der Waals surface area (Å²) in [6.45, 7) is 14.1. The van der Waals surface area contributed by atoms with Crippen LogP contribution in [0.15, 0.2) is 0 Å². The Morgan fingerprint density at radius 2 is 1.20 bits per heavy atom. The van der Waals surface area contributed by atoms with Crippen molar-refractivity contribution in [2.24, 2.45) is 22.2 Å². The molecule has 0 bridgehead atoms. The third kappa shape index (κ3) is 2.32. The summed E-state index contributed by atoms with van der Waals surface area (Å²) in [5.74, 6) is 0.0278. The maximum absolute atomic E-state index is 9.37. The van der Waals surface area contributed by atoms with Gasteiger partial charge in [0.2, 0.25) is 0 Å². The molecule has 0 aliphatic carbocycles. The molecule has 0 saturated carbocycles. The molecule has 2 nitrogen and oxygen atoms in total. The Balaban J connectivity index is 5.57. The van der Waals surface area contributed by atoms with E-state index in [2.05, 4.69) is 32.9 Å². The zero-order valence-electron chi connectivity index (χ0n) is 11.0. The van der Waals surface area contributed by atoms with Crippen LogP contribution in [0.2, 0.25) is 0 Å². The SMILES string of the molecule is CC(C(C)(C)C)C(C#N)(C#N)C(C)(C)C. The van der Waals surface area contributed by atoms with E-state index >= 15 is 0 Å². The lowest BCUT2D eigenvalue weighted by Crippen LogP contribution is -2.44. The van der Waals surface area contributed by atoms with Crippen LogP contribution in [0.1, 0.15) is 48.5 Å². The van der Waals surface area contributed by atoms with Crippen LogP contribution >= 0.6 is 0 Å². The summed E-state index contributed by atoms with van der Waals surface area (Å²) in [6.07, 6.45) is 0. The van der Waals surface area contributed by atoms with Crippen LogP contribution in [0.3, 0.4) is 0 Å². The Labute approximate surface area is 93.9 Å². The highest BCUT2D eigenvalue weighted by molar-refractivity contribution is 5.22. The largest absolute Gasteiger partial charge is 0.197 e. The first kappa shape index (κ1) is 14.0. The Morgan fingerprint density at radius 3 is 1.27 bits per heavy atom. The van der Waals surface area contributed by atoms with Gasteiger partial charge in [0.15, 0.2) is 5.41 Å². The zero-order chi connectivity index (χ0) is 12.5. The normalized spacial score (nSPS) is 15.3. The molecule has 0 aliphatic heterocycles. The minimum atomic E-state index is -0.925. The van der Waals surface area contributed by atoms with Gasteiger partial charge in [0.25, 0.3) is 0 Å². The molecule has 1 atom stereocenters. The van der Waals surface area contributed by atoms with E-state index in [1.165, 1.54) is 0 Å². The van der Waals surface area contributed by atoms with Crippen LogP contribution in [0, 0.1) is 44.8 Å². The van der Waals surface area contributed by atoms with Gasteiger partial charge in [-0.05, 0) is 16.7 Å². The topological polar surface area (TPSA) is 47.6 Å². The fourth-order valence-electron chi connectivity index (χ4n) is 1.85. The molecule has 0 amide bonds. The molecule has 0 aliphatic rings. The van der Waals surface area contributed by atoms with Gasteiger partial charge in [0, 0.05) is 0 Å². The molecular formula is C13H22N2. The summed E-state index contributed by atoms with van der Waals surface area (Å²) in [5, 5.41) is 18.7. The molecule has 0 spiro atoms. The van der Waals surface area contributed by atoms with Crippen molar-refractivity contribution < 1.29 is 0 Å². The van der Waals surface area contributed by atoms with Gasteiger partial charge in [0.1, 0.15) is 0 Å². The first-order chi connectivity index (χ1) is 6.53. The molecule has 0 aromatic rings. The number of hydrogen-bond donors (Lipinski definition) is 0. The molecule has 1 unspecified atom stereocenters. The van der Waals surface area contributed by atoms with Crippen LogP contribution in [-0.2, 0) is 0 Å². The standard InChI is InChI=1S/C13H22N2/c1-10(11(2,3)4)13(8-14,9-15)12(5,6)7/h10H,1-7H3. The average molecular weight is 206 g/mol. The lowest BCUT2D eigenvalue weighted by Gasteiger charge is -2.43. The first-order valence-electron chi connectivity index (χ1n) is 5.35. The van der Waals surface area contributed by atoms with Crippen LogP contribution in [0.4, 0.5) is 0 Å². The Morgan fingerprint density at radius 1 is 0.867 bits per heavy atom. The van der Waals surface area contributed by atoms with Gasteiger partial charge in [-0.1, -0.05) is 48.5 Å². The van der Waals surface area contributed by atoms with Gasteiger partial charge < -0.3 is 0 Å². The van der Waals surface area contributed by atoms with Crippen molar-refractivity contribution in [1.82, 2.24) is 0 Å². The third-order valence-corrected chi connectivity index (χ3v) is 3.48. The van der Waals surface area contributed by atoms with E-state index in [0.717, 1.165) is 0 Å². The molecule has 2 heteroatoms. The van der Waals surface area contributed by atoms with Crippen molar-refractivity contribution in [3.05, 3.63) is 0 Å². The predicted molar refractivity (Wildman–Crippen MR) is 61.7 cm³/mol. The number of nitriles is 2. The van der Waals surface area contributed by atoms with Crippen molar-refractivity contribution in [3.63, 3.8) is 0 Å². The molecule has 0 rings (SSSR count). The van der Waals surface area contributed by atoms with Crippen molar-refractivity contribution in [2.45, 2.75) is 48.5 Å². The van der Waals surface area contributed by atoms with E-state index in [1.54, 1.807) is 0 Å². The monoisotopic (exact) mass is 206 g/mol. The summed E-state index contributed by atoms with van der Waals surface area (Å²) in [5.41, 5.74) is -1.30. The van der Waals surface area contributed by atoms with E-state index in [9.17, 15) is 10.5 Å². The Hall–Kier alpha value is -1.02. The smallest absolute Gasteiger partial charge is 0.151 e. The van der Waals surface area contributed by atoms with Gasteiger partial charge in [-0.2, -0.15) is 10.5 Å². The highest BCUT2D eigenvalue weighted by Gasteiger charge is 2.51. The number of nitrogens with zero attached hydrogens (tertiary/aromatic N) is 2. The van der Waals surface area contributed by atoms with E-state index in [-0.39, 0.29) is 16.7 Å². The number of rotatable bonds is 1. The maximum Gasteiger partial charge on any atom is 0.151 e. The second-order valence-electron chi connectivity index (χ2n) is 6.37. The van der Waals surface area contributed by atoms with E-state index in [1.807, 2.05) is 27.7 Å². The van der Waals surface area contributed by atoms with Gasteiger partial charge in [0.05, 0.1) is 12.1 Å². The highest BCUT2D eigenvalue weighted by Crippen LogP contribution is 2.50. The molecule has 0 fully saturated rings. The summed E-state index contributed by atoms with van der Waals surface area (Å²) >= 11 is 0. The number of hydrogen-bond acceptors (Lipinski definition) is 2. The average Bonchev–Trinajstić information content (AvgIpc) is 2.03. The summed E-state index contributed by atoms with van der Waals surface area (Å²) in [7, 11) is 0. The minimum absolute atomic E-state index is 0.0278. The van der Waals surface area contributed by atoms with Crippen LogP contribution in [0.25, 0.3) is 0 Å². The van der Waals surface area contributed by atoms with Crippen molar-refractivity contribution in [2.75, 3.05) is 0 Å². The van der Waals surface area contributed by atoms with Crippen LogP contribution in [-0.4, -0.2) is 0 Å². The molecule has 0 radical (unpaired) electrons. The van der Waals surface area contributed by atoms with Crippen LogP contribution in [0.5, 0.6) is 0 Å². The molecule has 0 saturated heterocycles. The third-order valence-electron chi connectivity index (χ3n) is 3.48. The van der Waals surface area contributed by atoms with E-state index in [0.29, 0.717) is 0 Å². The molecule has 0 aromatic heterocycles. The second kappa shape index (κ2) is 3.86. The highest BCUT2D eigenvalue weighted by atomic mass is 14.5. The molecule has 84 valence electrons. The van der Waals surface area contributed by atoms with Crippen LogP contribution < -0.4 is 0 Å². The summed E-state index contributed by atoms with van der Waals surface area (Å²) < 4.78 is 0. The van der Waals surface area contributed by atoms with E-state index in [4.69, 9.17) is 0 Å². The Bertz CT molecular complexity index is 287. The molecule has 0 heterocycles. The van der Waals surface area contributed by atoms with Crippen molar-refractivity contribution in [1.29, 1.82) is 10.5 Å². The van der Waals surface area contributed by atoms with Crippen molar-refractivity contribution in [3.8, 4) is 12.1 Å². The van der Waals surface area contributed by atoms with E-state index < -0.39 is 5.41 Å². The lowest BCUT2D eigenvalue weighted by atomic mass is 9.56. The van der Waals surface area contributed by atoms with Gasteiger partial charge in [-0.25, -0.2) is 0 Å². The van der Waals surface area contributed by atoms with Crippen molar-refractivity contribution >= 4 is 0 Å². The predicted octanol–water partition coefficient (Wildman–Crippen LogP) is 3.75. The van der Waals surface area contributed by atoms with Gasteiger partial charge >= 0.3 is 0 Å². The van der Waals surface area contributed by atoms with Gasteiger partial charge in [-0.3, -0.25) is 0 Å². The van der Waals surface area contributed by atoms with Gasteiger partial charge in [-0.15, -0.1) is 0 Å². The fourth-order valence-corrected chi connectivity index (χ4v) is 1.85.